The van der Waals surface area contributed by atoms with Gasteiger partial charge in [-0.3, -0.25) is 0 Å². The van der Waals surface area contributed by atoms with Crippen molar-refractivity contribution >= 4 is 184 Å². The molecule has 6 heterocycles. The summed E-state index contributed by atoms with van der Waals surface area (Å²) in [5.41, 5.74) is 26.9. The van der Waals surface area contributed by atoms with E-state index >= 15 is 0 Å². The van der Waals surface area contributed by atoms with E-state index in [2.05, 4.69) is 441 Å². The normalized spacial score (nSPS) is 12.0. The summed E-state index contributed by atoms with van der Waals surface area (Å²) >= 11 is 3.72. The lowest BCUT2D eigenvalue weighted by atomic mass is 9.91. The Labute approximate surface area is 676 Å². The predicted molar refractivity (Wildman–Crippen MR) is 495 cm³/mol. The van der Waals surface area contributed by atoms with Crippen molar-refractivity contribution in [2.45, 2.75) is 0 Å². The molecule has 0 atom stereocenters. The van der Waals surface area contributed by atoms with E-state index in [1.54, 1.807) is 0 Å². The molecule has 0 N–H and O–H groups in total. The number of anilines is 6. The van der Waals surface area contributed by atoms with E-state index in [0.717, 1.165) is 134 Å². The Morgan fingerprint density at radius 3 is 1.10 bits per heavy atom. The number of hydrogen-bond acceptors (Lipinski definition) is 4. The maximum Gasteiger partial charge on any atom is 0.0782 e. The van der Waals surface area contributed by atoms with Crippen molar-refractivity contribution in [1.82, 2.24) is 18.3 Å². The quantitative estimate of drug-likeness (QED) is 0.115. The zero-order valence-corrected chi connectivity index (χ0v) is 64.4. The molecule has 0 saturated heterocycles. The summed E-state index contributed by atoms with van der Waals surface area (Å²) in [5, 5.41) is 14.5. The summed E-state index contributed by atoms with van der Waals surface area (Å²) in [7, 11) is 0. The molecule has 0 fully saturated rings. The van der Waals surface area contributed by atoms with E-state index in [4.69, 9.17) is 0 Å². The molecule has 0 aliphatic heterocycles. The van der Waals surface area contributed by atoms with E-state index in [0.29, 0.717) is 0 Å². The lowest BCUT2D eigenvalue weighted by molar-refractivity contribution is 1.17. The van der Waals surface area contributed by atoms with Crippen LogP contribution in [0, 0.1) is 0 Å². The minimum absolute atomic E-state index is 1.05. The average Bonchev–Trinajstić information content (AvgIpc) is 1.56. The number of hydrogen-bond donors (Lipinski definition) is 0. The van der Waals surface area contributed by atoms with Crippen LogP contribution in [0.3, 0.4) is 0 Å². The molecule has 6 aromatic heterocycles. The molecule has 24 rings (SSSR count). The van der Waals surface area contributed by atoms with Gasteiger partial charge in [0.05, 0.1) is 71.6 Å². The predicted octanol–water partition coefficient (Wildman–Crippen LogP) is 30.8. The fraction of sp³-hybridized carbons (Fsp3) is 0. The van der Waals surface area contributed by atoms with Crippen LogP contribution in [0.15, 0.2) is 413 Å². The van der Waals surface area contributed by atoms with Crippen molar-refractivity contribution in [3.63, 3.8) is 0 Å². The minimum Gasteiger partial charge on any atom is -0.309 e. The van der Waals surface area contributed by atoms with Gasteiger partial charge in [0, 0.05) is 124 Å². The van der Waals surface area contributed by atoms with Gasteiger partial charge in [0.1, 0.15) is 0 Å². The van der Waals surface area contributed by atoms with Crippen molar-refractivity contribution in [3.05, 3.63) is 413 Å². The average molecular weight is 1510 g/mol. The highest BCUT2D eigenvalue weighted by Gasteiger charge is 2.30. The van der Waals surface area contributed by atoms with Crippen LogP contribution in [0.4, 0.5) is 34.1 Å². The van der Waals surface area contributed by atoms with Gasteiger partial charge in [-0.25, -0.2) is 0 Å². The zero-order valence-electron chi connectivity index (χ0n) is 62.8. The first kappa shape index (κ1) is 65.9. The second-order valence-corrected chi connectivity index (χ2v) is 32.3. The molecule has 0 amide bonds. The largest absolute Gasteiger partial charge is 0.309 e. The van der Waals surface area contributed by atoms with Crippen LogP contribution in [0.5, 0.6) is 0 Å². The van der Waals surface area contributed by atoms with E-state index in [9.17, 15) is 0 Å². The van der Waals surface area contributed by atoms with Crippen LogP contribution < -0.4 is 9.80 Å². The maximum atomic E-state index is 2.53. The number of nitrogens with zero attached hydrogens (tertiary/aromatic N) is 6. The molecule has 0 radical (unpaired) electrons. The number of fused-ring (bicyclic) bond motifs is 18. The van der Waals surface area contributed by atoms with Crippen molar-refractivity contribution in [1.29, 1.82) is 0 Å². The molecule has 8 heteroatoms. The third-order valence-corrected chi connectivity index (χ3v) is 26.2. The Kier molecular flexibility index (Phi) is 15.0. The van der Waals surface area contributed by atoms with Crippen molar-refractivity contribution in [3.8, 4) is 56.1 Å². The summed E-state index contributed by atoms with van der Waals surface area (Å²) in [4.78, 5) is 5.05. The second kappa shape index (κ2) is 26.4. The van der Waals surface area contributed by atoms with Gasteiger partial charge in [0.25, 0.3) is 0 Å². The molecule has 116 heavy (non-hydrogen) atoms. The molecule has 0 spiro atoms. The molecular formula is C108H68N6S2. The summed E-state index contributed by atoms with van der Waals surface area (Å²) in [6.07, 6.45) is 0. The Morgan fingerprint density at radius 2 is 0.560 bits per heavy atom. The Bertz CT molecular complexity index is 8070. The lowest BCUT2D eigenvalue weighted by Gasteiger charge is -2.28. The third kappa shape index (κ3) is 10.1. The highest BCUT2D eigenvalue weighted by atomic mass is 32.1. The first-order chi connectivity index (χ1) is 57.6. The van der Waals surface area contributed by atoms with Gasteiger partial charge in [0.15, 0.2) is 0 Å². The second-order valence-electron chi connectivity index (χ2n) is 30.2. The van der Waals surface area contributed by atoms with Gasteiger partial charge in [-0.15, -0.1) is 22.7 Å². The van der Waals surface area contributed by atoms with Crippen molar-refractivity contribution in [2.75, 3.05) is 9.80 Å². The summed E-state index contributed by atoms with van der Waals surface area (Å²) in [6.45, 7) is 0. The summed E-state index contributed by atoms with van der Waals surface area (Å²) in [6, 6.07) is 153. The fourth-order valence-electron chi connectivity index (χ4n) is 19.0. The molecule has 0 unspecified atom stereocenters. The van der Waals surface area contributed by atoms with Crippen LogP contribution in [0.2, 0.25) is 0 Å². The first-order valence-electron chi connectivity index (χ1n) is 39.6. The Hall–Kier alpha value is -14.8. The van der Waals surface area contributed by atoms with Gasteiger partial charge in [-0.2, -0.15) is 0 Å². The van der Waals surface area contributed by atoms with E-state index in [-0.39, 0.29) is 0 Å². The number of benzene rings is 18. The number of aromatic nitrogens is 4. The summed E-state index contributed by atoms with van der Waals surface area (Å²) in [5.74, 6) is 0. The number of rotatable bonds is 13. The van der Waals surface area contributed by atoms with Crippen LogP contribution in [-0.2, 0) is 0 Å². The van der Waals surface area contributed by atoms with Gasteiger partial charge in [-0.1, -0.05) is 261 Å². The number of para-hydroxylation sites is 10. The van der Waals surface area contributed by atoms with Gasteiger partial charge < -0.3 is 28.1 Å². The third-order valence-electron chi connectivity index (χ3n) is 23.9. The summed E-state index contributed by atoms with van der Waals surface area (Å²) < 4.78 is 14.9. The fourth-order valence-corrected chi connectivity index (χ4v) is 21.4. The van der Waals surface area contributed by atoms with Gasteiger partial charge in [-0.05, 0) is 174 Å². The zero-order chi connectivity index (χ0) is 76.1. The van der Waals surface area contributed by atoms with E-state index < -0.39 is 0 Å². The molecular weight excluding hydrogens is 1450 g/mol. The van der Waals surface area contributed by atoms with Gasteiger partial charge in [0.2, 0.25) is 0 Å². The monoisotopic (exact) mass is 1510 g/mol. The number of thiophene rings is 2. The molecule has 0 aliphatic carbocycles. The minimum atomic E-state index is 1.05. The Morgan fingerprint density at radius 1 is 0.190 bits per heavy atom. The van der Waals surface area contributed by atoms with E-state index in [1.807, 2.05) is 22.7 Å². The van der Waals surface area contributed by atoms with E-state index in [1.165, 1.54) is 83.4 Å². The van der Waals surface area contributed by atoms with Crippen LogP contribution in [-0.4, -0.2) is 18.3 Å². The molecule has 0 bridgehead atoms. The smallest absolute Gasteiger partial charge is 0.0782 e. The topological polar surface area (TPSA) is 26.2 Å². The highest BCUT2D eigenvalue weighted by Crippen LogP contribution is 2.54. The molecule has 6 nitrogen and oxygen atoms in total. The first-order valence-corrected chi connectivity index (χ1v) is 41.3. The maximum absolute atomic E-state index is 2.53. The molecule has 18 aromatic carbocycles. The molecule has 0 saturated carbocycles. The Balaban J connectivity index is 0.727. The van der Waals surface area contributed by atoms with Crippen molar-refractivity contribution < 1.29 is 0 Å². The lowest BCUT2D eigenvalue weighted by Crippen LogP contribution is -2.12. The highest BCUT2D eigenvalue weighted by molar-refractivity contribution is 7.26. The molecule has 542 valence electrons. The molecule has 0 aliphatic rings. The van der Waals surface area contributed by atoms with Crippen LogP contribution >= 0.6 is 22.7 Å². The SMILES string of the molecule is c1ccc(-n2c3ccccc3c3cc(-c4ccc(-c5ccc(N(c6cccc7c6sc6ccccc67)c6cccc7c8ccccc8n(-c8ccccc8)c67)cc5)c5c4c4ccccc4n5-c4ccccc4)cc(-c4ccc(N(c5cccc6sc7ccccc7c56)c5cccc6c7ccccc7n(-c7ccccc7)c56)cc4)c32)cc1. The molecule has 24 aromatic rings. The van der Waals surface area contributed by atoms with Crippen molar-refractivity contribution in [2.24, 2.45) is 0 Å². The standard InChI is InChI=1S/C108H68N6S2/c1-5-29-72(30-6-1)111-93-48-21-15-39-82(93)90-68-71(67-89(104(90)111)70-59-63-76(64-60-70)109(95-50-28-56-101-103(95)88-42-18-24-55-100(88)115-101)96-51-25-43-84-80-37-13-19-46-91(80)112(105(84)96)73-31-7-2-8-32-73)78-65-66-79(107-102(78)87-41-16-22-49-94(87)114(107)75-35-11-4-12-36-75)69-57-61-77(62-58-69)110(98-53-27-45-86-83-40-17-23-54-99(83)116-108(86)98)97-52-26-44-85-81-38-14-20-47-92(81)113(106(85)97)74-33-9-3-10-34-74/h1-68H. The van der Waals surface area contributed by atoms with Crippen LogP contribution in [0.1, 0.15) is 0 Å². The van der Waals surface area contributed by atoms with Gasteiger partial charge >= 0.3 is 0 Å². The van der Waals surface area contributed by atoms with Crippen LogP contribution in [0.25, 0.3) is 184 Å².